The summed E-state index contributed by atoms with van der Waals surface area (Å²) in [5.74, 6) is -0.0839. The molecule has 3 nitrogen and oxygen atoms in total. The van der Waals surface area contributed by atoms with Crippen LogP contribution in [0.5, 0.6) is 0 Å². The Labute approximate surface area is 103 Å². The highest BCUT2D eigenvalue weighted by Crippen LogP contribution is 2.32. The quantitative estimate of drug-likeness (QED) is 0.844. The number of aromatic nitrogens is 2. The lowest BCUT2D eigenvalue weighted by Crippen LogP contribution is -2.12. The maximum atomic E-state index is 13.7. The fourth-order valence-corrected chi connectivity index (χ4v) is 2.41. The minimum Gasteiger partial charge on any atom is -0.383 e. The van der Waals surface area contributed by atoms with Gasteiger partial charge >= 0.3 is 0 Å². The van der Waals surface area contributed by atoms with Gasteiger partial charge in [0.15, 0.2) is 0 Å². The molecule has 2 heterocycles. The minimum absolute atomic E-state index is 0.128. The summed E-state index contributed by atoms with van der Waals surface area (Å²) in [5, 5.41) is 0. The number of hydrogen-bond acceptors (Lipinski definition) is 2. The van der Waals surface area contributed by atoms with E-state index >= 15 is 0 Å². The van der Waals surface area contributed by atoms with Crippen LogP contribution >= 0.6 is 0 Å². The van der Waals surface area contributed by atoms with E-state index in [-0.39, 0.29) is 11.3 Å². The molecule has 3 rings (SSSR count). The SMILES string of the molecule is Nc1c(-c2c(F)cccc2F)nc2n1CCCC2. The van der Waals surface area contributed by atoms with Gasteiger partial charge in [0.25, 0.3) is 0 Å². The number of anilines is 1. The number of halogens is 2. The lowest BCUT2D eigenvalue weighted by atomic mass is 10.1. The molecule has 0 unspecified atom stereocenters. The van der Waals surface area contributed by atoms with Gasteiger partial charge in [-0.2, -0.15) is 0 Å². The number of hydrogen-bond donors (Lipinski definition) is 1. The summed E-state index contributed by atoms with van der Waals surface area (Å²) < 4.78 is 29.3. The van der Waals surface area contributed by atoms with E-state index in [9.17, 15) is 8.78 Å². The van der Waals surface area contributed by atoms with Crippen molar-refractivity contribution in [1.29, 1.82) is 0 Å². The van der Waals surface area contributed by atoms with E-state index in [1.807, 2.05) is 4.57 Å². The van der Waals surface area contributed by atoms with Crippen molar-refractivity contribution < 1.29 is 8.78 Å². The highest BCUT2D eigenvalue weighted by atomic mass is 19.1. The third kappa shape index (κ3) is 1.58. The van der Waals surface area contributed by atoms with E-state index in [2.05, 4.69) is 4.98 Å². The fraction of sp³-hybridized carbons (Fsp3) is 0.308. The molecule has 1 aliphatic heterocycles. The molecule has 0 atom stereocenters. The number of fused-ring (bicyclic) bond motifs is 1. The second-order valence-electron chi connectivity index (χ2n) is 4.47. The number of rotatable bonds is 1. The van der Waals surface area contributed by atoms with E-state index < -0.39 is 11.6 Å². The molecule has 2 aromatic rings. The summed E-state index contributed by atoms with van der Waals surface area (Å²) in [6.45, 7) is 0.768. The van der Waals surface area contributed by atoms with Crippen molar-refractivity contribution in [3.63, 3.8) is 0 Å². The van der Waals surface area contributed by atoms with Crippen LogP contribution < -0.4 is 5.73 Å². The second kappa shape index (κ2) is 4.08. The molecule has 18 heavy (non-hydrogen) atoms. The first-order valence-corrected chi connectivity index (χ1v) is 5.97. The normalized spacial score (nSPS) is 14.6. The molecule has 0 radical (unpaired) electrons. The molecule has 1 aromatic carbocycles. The predicted molar refractivity (Wildman–Crippen MR) is 64.9 cm³/mol. The average molecular weight is 249 g/mol. The second-order valence-corrected chi connectivity index (χ2v) is 4.47. The van der Waals surface area contributed by atoms with Crippen molar-refractivity contribution in [2.24, 2.45) is 0 Å². The zero-order valence-corrected chi connectivity index (χ0v) is 9.79. The number of nitrogens with two attached hydrogens (primary N) is 1. The van der Waals surface area contributed by atoms with Gasteiger partial charge in [-0.05, 0) is 25.0 Å². The highest BCUT2D eigenvalue weighted by molar-refractivity contribution is 5.72. The zero-order chi connectivity index (χ0) is 12.7. The Hall–Kier alpha value is -1.91. The Morgan fingerprint density at radius 1 is 1.17 bits per heavy atom. The lowest BCUT2D eigenvalue weighted by Gasteiger charge is -2.14. The molecule has 0 spiro atoms. The fourth-order valence-electron chi connectivity index (χ4n) is 2.41. The van der Waals surface area contributed by atoms with E-state index in [1.165, 1.54) is 18.2 Å². The highest BCUT2D eigenvalue weighted by Gasteiger charge is 2.22. The largest absolute Gasteiger partial charge is 0.383 e. The maximum Gasteiger partial charge on any atom is 0.135 e. The van der Waals surface area contributed by atoms with Gasteiger partial charge in [0.2, 0.25) is 0 Å². The molecule has 0 saturated heterocycles. The van der Waals surface area contributed by atoms with E-state index in [0.29, 0.717) is 5.82 Å². The van der Waals surface area contributed by atoms with Crippen LogP contribution in [-0.2, 0) is 13.0 Å². The Kier molecular flexibility index (Phi) is 2.54. The molecule has 0 bridgehead atoms. The van der Waals surface area contributed by atoms with Crippen LogP contribution in [0.25, 0.3) is 11.3 Å². The van der Waals surface area contributed by atoms with Crippen LogP contribution in [0, 0.1) is 11.6 Å². The molecule has 1 aliphatic rings. The molecule has 2 N–H and O–H groups in total. The minimum atomic E-state index is -0.628. The maximum absolute atomic E-state index is 13.7. The standard InChI is InChI=1S/C13H13F2N3/c14-8-4-3-5-9(15)11(8)12-13(16)18-7-2-1-6-10(18)17-12/h3-5H,1-2,6-7,16H2. The molecular formula is C13H13F2N3. The van der Waals surface area contributed by atoms with Crippen molar-refractivity contribution in [1.82, 2.24) is 9.55 Å². The third-order valence-electron chi connectivity index (χ3n) is 3.32. The summed E-state index contributed by atoms with van der Waals surface area (Å²) in [6.07, 6.45) is 2.86. The molecule has 5 heteroatoms. The number of imidazole rings is 1. The molecule has 0 amide bonds. The number of benzene rings is 1. The van der Waals surface area contributed by atoms with Crippen LogP contribution in [0.1, 0.15) is 18.7 Å². The van der Waals surface area contributed by atoms with Gasteiger partial charge in [0, 0.05) is 13.0 Å². The summed E-state index contributed by atoms with van der Waals surface area (Å²) in [7, 11) is 0. The smallest absolute Gasteiger partial charge is 0.135 e. The monoisotopic (exact) mass is 249 g/mol. The molecule has 1 aromatic heterocycles. The van der Waals surface area contributed by atoms with Crippen molar-refractivity contribution in [3.05, 3.63) is 35.7 Å². The Morgan fingerprint density at radius 2 is 1.89 bits per heavy atom. The van der Waals surface area contributed by atoms with E-state index in [0.717, 1.165) is 31.6 Å². The van der Waals surface area contributed by atoms with Crippen molar-refractivity contribution in [2.75, 3.05) is 5.73 Å². The Balaban J connectivity index is 2.21. The summed E-state index contributed by atoms with van der Waals surface area (Å²) in [6, 6.07) is 3.77. The van der Waals surface area contributed by atoms with Crippen LogP contribution in [0.4, 0.5) is 14.6 Å². The first-order chi connectivity index (χ1) is 8.68. The third-order valence-corrected chi connectivity index (χ3v) is 3.32. The van der Waals surface area contributed by atoms with Crippen LogP contribution in [0.3, 0.4) is 0 Å². The van der Waals surface area contributed by atoms with Crippen molar-refractivity contribution in [2.45, 2.75) is 25.8 Å². The van der Waals surface area contributed by atoms with Gasteiger partial charge in [-0.25, -0.2) is 13.8 Å². The molecule has 94 valence electrons. The van der Waals surface area contributed by atoms with Crippen LogP contribution in [0.2, 0.25) is 0 Å². The Bertz CT molecular complexity index is 584. The van der Waals surface area contributed by atoms with Gasteiger partial charge in [0.1, 0.15) is 29.0 Å². The first-order valence-electron chi connectivity index (χ1n) is 5.97. The topological polar surface area (TPSA) is 43.8 Å². The van der Waals surface area contributed by atoms with Gasteiger partial charge in [-0.3, -0.25) is 0 Å². The molecule has 0 aliphatic carbocycles. The number of nitrogens with zero attached hydrogens (tertiary/aromatic N) is 2. The predicted octanol–water partition coefficient (Wildman–Crippen LogP) is 2.75. The van der Waals surface area contributed by atoms with Crippen LogP contribution in [0.15, 0.2) is 18.2 Å². The average Bonchev–Trinajstić information content (AvgIpc) is 2.68. The zero-order valence-electron chi connectivity index (χ0n) is 9.79. The van der Waals surface area contributed by atoms with Gasteiger partial charge in [-0.15, -0.1) is 0 Å². The van der Waals surface area contributed by atoms with Gasteiger partial charge in [0.05, 0.1) is 5.56 Å². The Morgan fingerprint density at radius 3 is 2.56 bits per heavy atom. The van der Waals surface area contributed by atoms with Crippen LogP contribution in [-0.4, -0.2) is 9.55 Å². The molecular weight excluding hydrogens is 236 g/mol. The van der Waals surface area contributed by atoms with Gasteiger partial charge < -0.3 is 10.3 Å². The van der Waals surface area contributed by atoms with Crippen molar-refractivity contribution >= 4 is 5.82 Å². The number of nitrogen functional groups attached to an aromatic ring is 1. The van der Waals surface area contributed by atoms with Crippen molar-refractivity contribution in [3.8, 4) is 11.3 Å². The molecule has 0 fully saturated rings. The lowest BCUT2D eigenvalue weighted by molar-refractivity contribution is 0.527. The summed E-state index contributed by atoms with van der Waals surface area (Å²) in [5.41, 5.74) is 6.06. The summed E-state index contributed by atoms with van der Waals surface area (Å²) in [4.78, 5) is 4.30. The number of aryl methyl sites for hydroxylation is 1. The van der Waals surface area contributed by atoms with Gasteiger partial charge in [-0.1, -0.05) is 6.07 Å². The molecule has 0 saturated carbocycles. The first kappa shape index (κ1) is 11.2. The van der Waals surface area contributed by atoms with E-state index in [1.54, 1.807) is 0 Å². The summed E-state index contributed by atoms with van der Waals surface area (Å²) >= 11 is 0. The van der Waals surface area contributed by atoms with E-state index in [4.69, 9.17) is 5.73 Å².